The van der Waals surface area contributed by atoms with Crippen LogP contribution in [-0.2, 0) is 0 Å². The summed E-state index contributed by atoms with van der Waals surface area (Å²) < 4.78 is 0. The molecule has 0 aliphatic rings. The maximum absolute atomic E-state index is 9.80. The number of hydrogen-bond donors (Lipinski definition) is 1. The minimum absolute atomic E-state index is 0.371. The Morgan fingerprint density at radius 1 is 1.67 bits per heavy atom. The van der Waals surface area contributed by atoms with Crippen molar-refractivity contribution in [2.75, 3.05) is 0 Å². The molecule has 1 aromatic rings. The maximum atomic E-state index is 9.80. The van der Waals surface area contributed by atoms with Crippen LogP contribution in [0.15, 0.2) is 17.3 Å². The summed E-state index contributed by atoms with van der Waals surface area (Å²) >= 11 is 1.11. The van der Waals surface area contributed by atoms with Gasteiger partial charge in [0, 0.05) is 0 Å². The van der Waals surface area contributed by atoms with Crippen LogP contribution < -0.4 is 10.7 Å². The predicted octanol–water partition coefficient (Wildman–Crippen LogP) is 1.40. The van der Waals surface area contributed by atoms with Crippen LogP contribution in [0, 0.1) is 4.91 Å². The first-order chi connectivity index (χ1) is 4.36. The second-order valence-electron chi connectivity index (χ2n) is 1.30. The molecule has 1 aromatic heterocycles. The molecule has 1 heterocycles. The third kappa shape index (κ3) is 1.24. The average molecular weight is 144 g/mol. The van der Waals surface area contributed by atoms with Gasteiger partial charge in [-0.05, 0) is 17.3 Å². The minimum Gasteiger partial charge on any atom is -0.400 e. The molecule has 0 spiro atoms. The van der Waals surface area contributed by atoms with Crippen LogP contribution in [0.3, 0.4) is 0 Å². The van der Waals surface area contributed by atoms with Crippen molar-refractivity contribution in [2.24, 2.45) is 11.1 Å². The van der Waals surface area contributed by atoms with Crippen LogP contribution in [0.25, 0.3) is 0 Å². The van der Waals surface area contributed by atoms with E-state index in [0.717, 1.165) is 11.3 Å². The molecule has 0 aromatic carbocycles. The van der Waals surface area contributed by atoms with Crippen molar-refractivity contribution in [3.8, 4) is 5.06 Å². The van der Waals surface area contributed by atoms with Gasteiger partial charge in [-0.15, -0.1) is 4.91 Å². The summed E-state index contributed by atoms with van der Waals surface area (Å²) in [5.74, 6) is 4.78. The van der Waals surface area contributed by atoms with Gasteiger partial charge < -0.3 is 4.84 Å². The van der Waals surface area contributed by atoms with E-state index in [9.17, 15) is 4.91 Å². The SMILES string of the molecule is NOc1ccc(N=O)s1. The second-order valence-corrected chi connectivity index (χ2v) is 2.33. The zero-order chi connectivity index (χ0) is 6.69. The molecule has 0 aliphatic heterocycles. The first-order valence-electron chi connectivity index (χ1n) is 2.16. The van der Waals surface area contributed by atoms with E-state index in [1.807, 2.05) is 0 Å². The lowest BCUT2D eigenvalue weighted by Crippen LogP contribution is -1.98. The Balaban J connectivity index is 2.86. The van der Waals surface area contributed by atoms with Gasteiger partial charge in [-0.2, -0.15) is 5.90 Å². The van der Waals surface area contributed by atoms with E-state index in [4.69, 9.17) is 5.90 Å². The Kier molecular flexibility index (Phi) is 1.76. The van der Waals surface area contributed by atoms with Gasteiger partial charge in [0.1, 0.15) is 0 Å². The molecular formula is C4H4N2O2S. The molecule has 1 rings (SSSR count). The smallest absolute Gasteiger partial charge is 0.202 e. The summed E-state index contributed by atoms with van der Waals surface area (Å²) in [4.78, 5) is 14.1. The summed E-state index contributed by atoms with van der Waals surface area (Å²) in [5.41, 5.74) is 0. The van der Waals surface area contributed by atoms with Gasteiger partial charge in [-0.25, -0.2) is 0 Å². The third-order valence-corrected chi connectivity index (χ3v) is 1.63. The molecule has 0 unspecified atom stereocenters. The van der Waals surface area contributed by atoms with Crippen molar-refractivity contribution in [3.05, 3.63) is 17.0 Å². The van der Waals surface area contributed by atoms with Crippen LogP contribution in [0.1, 0.15) is 0 Å². The fourth-order valence-electron chi connectivity index (χ4n) is 0.423. The van der Waals surface area contributed by atoms with E-state index in [0.29, 0.717) is 10.1 Å². The highest BCUT2D eigenvalue weighted by Crippen LogP contribution is 2.29. The van der Waals surface area contributed by atoms with Crippen LogP contribution in [0.2, 0.25) is 0 Å². The molecular weight excluding hydrogens is 140 g/mol. The summed E-state index contributed by atoms with van der Waals surface area (Å²) in [6.45, 7) is 0. The summed E-state index contributed by atoms with van der Waals surface area (Å²) in [6.07, 6.45) is 0. The molecule has 0 saturated carbocycles. The van der Waals surface area contributed by atoms with Crippen molar-refractivity contribution in [3.63, 3.8) is 0 Å². The monoisotopic (exact) mass is 144 g/mol. The largest absolute Gasteiger partial charge is 0.400 e. The minimum atomic E-state index is 0.371. The van der Waals surface area contributed by atoms with Crippen LogP contribution in [-0.4, -0.2) is 0 Å². The van der Waals surface area contributed by atoms with E-state index >= 15 is 0 Å². The van der Waals surface area contributed by atoms with Crippen molar-refractivity contribution >= 4 is 16.3 Å². The molecule has 0 saturated heterocycles. The Labute approximate surface area is 55.2 Å². The molecule has 0 fully saturated rings. The van der Waals surface area contributed by atoms with Gasteiger partial charge in [0.2, 0.25) is 5.06 Å². The molecule has 2 N–H and O–H groups in total. The number of nitrogens with zero attached hydrogens (tertiary/aromatic N) is 1. The fourth-order valence-corrected chi connectivity index (χ4v) is 0.987. The normalized spacial score (nSPS) is 9.00. The highest BCUT2D eigenvalue weighted by Gasteiger charge is 1.97. The number of thiophene rings is 1. The van der Waals surface area contributed by atoms with Gasteiger partial charge in [0.05, 0.1) is 0 Å². The Morgan fingerprint density at radius 2 is 2.44 bits per heavy atom. The molecule has 9 heavy (non-hydrogen) atoms. The van der Waals surface area contributed by atoms with Crippen molar-refractivity contribution < 1.29 is 4.84 Å². The van der Waals surface area contributed by atoms with E-state index in [-0.39, 0.29) is 0 Å². The number of nitroso groups, excluding NO2 is 1. The highest BCUT2D eigenvalue weighted by molar-refractivity contribution is 7.17. The Hall–Kier alpha value is -0.940. The molecule has 0 radical (unpaired) electrons. The van der Waals surface area contributed by atoms with Gasteiger partial charge >= 0.3 is 0 Å². The Morgan fingerprint density at radius 3 is 2.78 bits per heavy atom. The first kappa shape index (κ1) is 6.18. The first-order valence-corrected chi connectivity index (χ1v) is 2.98. The van der Waals surface area contributed by atoms with E-state index < -0.39 is 0 Å². The molecule has 0 amide bonds. The third-order valence-electron chi connectivity index (χ3n) is 0.773. The lowest BCUT2D eigenvalue weighted by Gasteiger charge is -1.85. The van der Waals surface area contributed by atoms with Crippen molar-refractivity contribution in [2.45, 2.75) is 0 Å². The quantitative estimate of drug-likeness (QED) is 0.504. The van der Waals surface area contributed by atoms with Crippen molar-refractivity contribution in [1.82, 2.24) is 0 Å². The summed E-state index contributed by atoms with van der Waals surface area (Å²) in [7, 11) is 0. The highest BCUT2D eigenvalue weighted by atomic mass is 32.1. The summed E-state index contributed by atoms with van der Waals surface area (Å²) in [6, 6.07) is 3.13. The van der Waals surface area contributed by atoms with Crippen LogP contribution in [0.4, 0.5) is 5.00 Å². The average Bonchev–Trinajstić information content (AvgIpc) is 2.34. The van der Waals surface area contributed by atoms with Gasteiger partial charge in [0.15, 0.2) is 5.00 Å². The number of hydrogen-bond acceptors (Lipinski definition) is 5. The van der Waals surface area contributed by atoms with Crippen LogP contribution >= 0.6 is 11.3 Å². The topological polar surface area (TPSA) is 64.7 Å². The summed E-state index contributed by atoms with van der Waals surface area (Å²) in [5, 5.41) is 3.53. The predicted molar refractivity (Wildman–Crippen MR) is 34.6 cm³/mol. The zero-order valence-electron chi connectivity index (χ0n) is 4.40. The lowest BCUT2D eigenvalue weighted by atomic mass is 10.6. The van der Waals surface area contributed by atoms with Crippen LogP contribution in [0.5, 0.6) is 5.06 Å². The Bertz CT molecular complexity index is 210. The standard InChI is InChI=1S/C4H4N2O2S/c5-8-4-2-1-3(6-7)9-4/h1-2H,5H2. The maximum Gasteiger partial charge on any atom is 0.202 e. The van der Waals surface area contributed by atoms with Gasteiger partial charge in [-0.3, -0.25) is 0 Å². The number of nitrogens with two attached hydrogens (primary N) is 1. The van der Waals surface area contributed by atoms with E-state index in [2.05, 4.69) is 10.0 Å². The second kappa shape index (κ2) is 2.56. The van der Waals surface area contributed by atoms with Gasteiger partial charge in [-0.1, -0.05) is 11.3 Å². The lowest BCUT2D eigenvalue weighted by molar-refractivity contribution is 0.345. The molecule has 4 nitrogen and oxygen atoms in total. The van der Waals surface area contributed by atoms with Crippen molar-refractivity contribution in [1.29, 1.82) is 0 Å². The molecule has 0 aliphatic carbocycles. The van der Waals surface area contributed by atoms with E-state index in [1.165, 1.54) is 0 Å². The zero-order valence-corrected chi connectivity index (χ0v) is 5.22. The van der Waals surface area contributed by atoms with Gasteiger partial charge in [0.25, 0.3) is 0 Å². The molecule has 0 bridgehead atoms. The molecule has 0 atom stereocenters. The molecule has 5 heteroatoms. The van der Waals surface area contributed by atoms with E-state index in [1.54, 1.807) is 12.1 Å². The number of rotatable bonds is 2. The fraction of sp³-hybridized carbons (Fsp3) is 0. The molecule has 48 valence electrons.